The van der Waals surface area contributed by atoms with Crippen molar-refractivity contribution in [3.05, 3.63) is 70.6 Å². The van der Waals surface area contributed by atoms with Gasteiger partial charge in [0.1, 0.15) is 0 Å². The molecule has 98 valence electrons. The normalized spacial score (nSPS) is 13.3. The number of hydrogen-bond acceptors (Lipinski definition) is 1. The molecule has 0 aliphatic carbocycles. The van der Waals surface area contributed by atoms with Crippen LogP contribution in [0.25, 0.3) is 6.08 Å². The summed E-state index contributed by atoms with van der Waals surface area (Å²) in [6.45, 7) is 2.03. The number of hydrogen-bond donors (Lipinski definition) is 0. The smallest absolute Gasteiger partial charge is 0.0817 e. The Labute approximate surface area is 125 Å². The van der Waals surface area contributed by atoms with Gasteiger partial charge in [-0.25, -0.2) is 4.21 Å². The summed E-state index contributed by atoms with van der Waals surface area (Å²) in [6, 6.07) is 17.8. The van der Waals surface area contributed by atoms with E-state index in [1.807, 2.05) is 67.6 Å². The summed E-state index contributed by atoms with van der Waals surface area (Å²) in [6.07, 6.45) is 1.98. The molecule has 3 heteroatoms. The molecule has 0 aliphatic rings. The molecule has 0 fully saturated rings. The summed E-state index contributed by atoms with van der Waals surface area (Å²) >= 11 is 3.42. The van der Waals surface area contributed by atoms with Crippen molar-refractivity contribution < 1.29 is 4.21 Å². The van der Waals surface area contributed by atoms with E-state index < -0.39 is 10.8 Å². The van der Waals surface area contributed by atoms with Crippen LogP contribution in [-0.2, 0) is 10.8 Å². The zero-order valence-electron chi connectivity index (χ0n) is 10.7. The van der Waals surface area contributed by atoms with Gasteiger partial charge in [-0.3, -0.25) is 0 Å². The Morgan fingerprint density at radius 1 is 1.11 bits per heavy atom. The predicted octanol–water partition coefficient (Wildman–Crippen LogP) is 4.54. The van der Waals surface area contributed by atoms with Gasteiger partial charge in [0.25, 0.3) is 0 Å². The van der Waals surface area contributed by atoms with Gasteiger partial charge >= 0.3 is 0 Å². The highest BCUT2D eigenvalue weighted by molar-refractivity contribution is 9.09. The van der Waals surface area contributed by atoms with Crippen LogP contribution >= 0.6 is 15.9 Å². The molecule has 0 spiro atoms. The van der Waals surface area contributed by atoms with E-state index >= 15 is 0 Å². The molecule has 0 radical (unpaired) electrons. The quantitative estimate of drug-likeness (QED) is 0.750. The fourth-order valence-corrected chi connectivity index (χ4v) is 3.50. The maximum Gasteiger partial charge on any atom is 0.0817 e. The first-order valence-electron chi connectivity index (χ1n) is 6.01. The Hall–Kier alpha value is -1.19. The van der Waals surface area contributed by atoms with E-state index in [9.17, 15) is 4.21 Å². The second-order valence-corrected chi connectivity index (χ2v) is 6.33. The van der Waals surface area contributed by atoms with Crippen molar-refractivity contribution in [2.75, 3.05) is 5.33 Å². The summed E-state index contributed by atoms with van der Waals surface area (Å²) < 4.78 is 12.5. The number of halogens is 1. The molecule has 2 aromatic rings. The van der Waals surface area contributed by atoms with Gasteiger partial charge in [0, 0.05) is 15.1 Å². The van der Waals surface area contributed by atoms with Crippen molar-refractivity contribution >= 4 is 32.8 Å². The Morgan fingerprint density at radius 2 is 1.74 bits per heavy atom. The Bertz CT molecular complexity index is 588. The Kier molecular flexibility index (Phi) is 5.11. The lowest BCUT2D eigenvalue weighted by molar-refractivity contribution is 0.687. The summed E-state index contributed by atoms with van der Waals surface area (Å²) in [5, 5.41) is 0.600. The first-order valence-corrected chi connectivity index (χ1v) is 8.28. The second kappa shape index (κ2) is 6.83. The van der Waals surface area contributed by atoms with Crippen LogP contribution in [0.2, 0.25) is 0 Å². The molecule has 0 bridgehead atoms. The standard InChI is InChI=1S/C16H15BrOS/c1-13-7-9-15(10-8-13)19(18)16(12-17)11-14-5-3-2-4-6-14/h2-11H,12H2,1H3/b16-11+/t19-/m1/s1. The van der Waals surface area contributed by atoms with Crippen molar-refractivity contribution in [3.63, 3.8) is 0 Å². The minimum Gasteiger partial charge on any atom is -0.249 e. The number of rotatable bonds is 4. The molecule has 0 N–H and O–H groups in total. The van der Waals surface area contributed by atoms with Gasteiger partial charge in [0.15, 0.2) is 0 Å². The summed E-state index contributed by atoms with van der Waals surface area (Å²) in [5.41, 5.74) is 2.24. The number of allylic oxidation sites excluding steroid dienone is 1. The summed E-state index contributed by atoms with van der Waals surface area (Å²) in [4.78, 5) is 1.71. The fourth-order valence-electron chi connectivity index (χ4n) is 1.69. The lowest BCUT2D eigenvalue weighted by atomic mass is 10.2. The number of benzene rings is 2. The first-order chi connectivity index (χ1) is 9.20. The fraction of sp³-hybridized carbons (Fsp3) is 0.125. The molecular formula is C16H15BrOS. The largest absolute Gasteiger partial charge is 0.249 e. The zero-order chi connectivity index (χ0) is 13.7. The van der Waals surface area contributed by atoms with Crippen LogP contribution in [0.15, 0.2) is 64.4 Å². The number of aryl methyl sites for hydroxylation is 1. The molecule has 2 rings (SSSR count). The van der Waals surface area contributed by atoms with Crippen LogP contribution in [0.1, 0.15) is 11.1 Å². The molecule has 0 amide bonds. The molecule has 19 heavy (non-hydrogen) atoms. The van der Waals surface area contributed by atoms with Crippen molar-refractivity contribution in [2.45, 2.75) is 11.8 Å². The average molecular weight is 335 g/mol. The monoisotopic (exact) mass is 334 g/mol. The zero-order valence-corrected chi connectivity index (χ0v) is 13.1. The lowest BCUT2D eigenvalue weighted by Gasteiger charge is -2.05. The molecule has 1 atom stereocenters. The molecule has 2 aromatic carbocycles. The van der Waals surface area contributed by atoms with Crippen LogP contribution in [0.4, 0.5) is 0 Å². The van der Waals surface area contributed by atoms with Gasteiger partial charge in [0.05, 0.1) is 10.8 Å². The molecule has 0 saturated carbocycles. The van der Waals surface area contributed by atoms with Crippen molar-refractivity contribution in [3.8, 4) is 0 Å². The third-order valence-electron chi connectivity index (χ3n) is 2.73. The van der Waals surface area contributed by atoms with E-state index in [1.54, 1.807) is 0 Å². The van der Waals surface area contributed by atoms with Gasteiger partial charge in [-0.2, -0.15) is 0 Å². The van der Waals surface area contributed by atoms with Gasteiger partial charge in [-0.1, -0.05) is 64.0 Å². The second-order valence-electron chi connectivity index (χ2n) is 4.24. The third-order valence-corrected chi connectivity index (χ3v) is 5.15. The minimum absolute atomic E-state index is 0.600. The third kappa shape index (κ3) is 3.88. The van der Waals surface area contributed by atoms with Gasteiger partial charge in [-0.05, 0) is 30.7 Å². The highest BCUT2D eigenvalue weighted by Gasteiger charge is 2.09. The van der Waals surface area contributed by atoms with Crippen LogP contribution in [0, 0.1) is 6.92 Å². The van der Waals surface area contributed by atoms with Crippen molar-refractivity contribution in [1.82, 2.24) is 0 Å². The van der Waals surface area contributed by atoms with E-state index in [0.717, 1.165) is 15.4 Å². The molecule has 0 heterocycles. The molecule has 0 aromatic heterocycles. The highest BCUT2D eigenvalue weighted by Crippen LogP contribution is 2.19. The molecular weight excluding hydrogens is 320 g/mol. The van der Waals surface area contributed by atoms with E-state index in [1.165, 1.54) is 5.56 Å². The summed E-state index contributed by atoms with van der Waals surface area (Å²) in [7, 11) is -1.12. The average Bonchev–Trinajstić information content (AvgIpc) is 2.46. The van der Waals surface area contributed by atoms with E-state index in [2.05, 4.69) is 15.9 Å². The van der Waals surface area contributed by atoms with Crippen LogP contribution in [-0.4, -0.2) is 9.54 Å². The lowest BCUT2D eigenvalue weighted by Crippen LogP contribution is -1.97. The SMILES string of the molecule is Cc1ccc([S@@](=O)/C(=C/c2ccccc2)CBr)cc1. The van der Waals surface area contributed by atoms with Gasteiger partial charge < -0.3 is 0 Å². The summed E-state index contributed by atoms with van der Waals surface area (Å²) in [5.74, 6) is 0. The minimum atomic E-state index is -1.12. The maximum atomic E-state index is 12.5. The van der Waals surface area contributed by atoms with Crippen LogP contribution < -0.4 is 0 Å². The maximum absolute atomic E-state index is 12.5. The Morgan fingerprint density at radius 3 is 2.32 bits per heavy atom. The van der Waals surface area contributed by atoms with E-state index in [-0.39, 0.29) is 0 Å². The molecule has 1 nitrogen and oxygen atoms in total. The highest BCUT2D eigenvalue weighted by atomic mass is 79.9. The molecule has 0 unspecified atom stereocenters. The van der Waals surface area contributed by atoms with E-state index in [4.69, 9.17) is 0 Å². The number of alkyl halides is 1. The van der Waals surface area contributed by atoms with Crippen molar-refractivity contribution in [2.24, 2.45) is 0 Å². The van der Waals surface area contributed by atoms with Crippen LogP contribution in [0.3, 0.4) is 0 Å². The van der Waals surface area contributed by atoms with Crippen molar-refractivity contribution in [1.29, 1.82) is 0 Å². The Balaban J connectivity index is 2.29. The van der Waals surface area contributed by atoms with E-state index in [0.29, 0.717) is 5.33 Å². The molecule has 0 saturated heterocycles. The topological polar surface area (TPSA) is 17.1 Å². The predicted molar refractivity (Wildman–Crippen MR) is 85.8 cm³/mol. The van der Waals surface area contributed by atoms with Crippen LogP contribution in [0.5, 0.6) is 0 Å². The first kappa shape index (κ1) is 14.2. The van der Waals surface area contributed by atoms with Gasteiger partial charge in [0.2, 0.25) is 0 Å². The van der Waals surface area contributed by atoms with Gasteiger partial charge in [-0.15, -0.1) is 0 Å². The molecule has 0 aliphatic heterocycles.